The van der Waals surface area contributed by atoms with Crippen molar-refractivity contribution in [2.75, 3.05) is 7.11 Å². The molecule has 1 aliphatic rings. The van der Waals surface area contributed by atoms with Gasteiger partial charge < -0.3 is 15.2 Å². The standard InChI is InChI=1S/C13H16BrNO3/c1-18-10-6-8(5-9(14)7-10)13(17)15-11-3-2-4-12(11)16/h5-7,11-12,16H,2-4H2,1H3,(H,15,17)/t11-,12-/m0/s1. The third kappa shape index (κ3) is 3.03. The first-order valence-electron chi connectivity index (χ1n) is 5.93. The fourth-order valence-electron chi connectivity index (χ4n) is 2.17. The number of ether oxygens (including phenoxy) is 1. The molecule has 0 heterocycles. The van der Waals surface area contributed by atoms with Gasteiger partial charge in [-0.2, -0.15) is 0 Å². The first kappa shape index (κ1) is 13.4. The summed E-state index contributed by atoms with van der Waals surface area (Å²) < 4.78 is 5.91. The lowest BCUT2D eigenvalue weighted by Crippen LogP contribution is -2.39. The average molecular weight is 314 g/mol. The van der Waals surface area contributed by atoms with Crippen molar-refractivity contribution in [2.24, 2.45) is 0 Å². The van der Waals surface area contributed by atoms with Crippen LogP contribution in [0.4, 0.5) is 0 Å². The smallest absolute Gasteiger partial charge is 0.251 e. The molecule has 0 aromatic heterocycles. The summed E-state index contributed by atoms with van der Waals surface area (Å²) in [6, 6.07) is 5.07. The number of methoxy groups -OCH3 is 1. The summed E-state index contributed by atoms with van der Waals surface area (Å²) in [5.74, 6) is 0.446. The van der Waals surface area contributed by atoms with Gasteiger partial charge in [0.15, 0.2) is 0 Å². The van der Waals surface area contributed by atoms with E-state index >= 15 is 0 Å². The minimum absolute atomic E-state index is 0.137. The lowest BCUT2D eigenvalue weighted by Gasteiger charge is -2.16. The Labute approximate surface area is 114 Å². The predicted molar refractivity (Wildman–Crippen MR) is 71.8 cm³/mol. The number of carbonyl (C=O) groups excluding carboxylic acids is 1. The van der Waals surface area contributed by atoms with Crippen molar-refractivity contribution in [1.82, 2.24) is 5.32 Å². The zero-order valence-electron chi connectivity index (χ0n) is 10.1. The van der Waals surface area contributed by atoms with E-state index in [4.69, 9.17) is 4.74 Å². The molecule has 1 amide bonds. The van der Waals surface area contributed by atoms with Gasteiger partial charge in [0, 0.05) is 10.0 Å². The fourth-order valence-corrected chi connectivity index (χ4v) is 2.64. The molecule has 1 aliphatic carbocycles. The SMILES string of the molecule is COc1cc(Br)cc(C(=O)N[C@H]2CCC[C@@H]2O)c1. The van der Waals surface area contributed by atoms with E-state index in [0.29, 0.717) is 11.3 Å². The molecule has 1 fully saturated rings. The summed E-state index contributed by atoms with van der Waals surface area (Å²) in [4.78, 5) is 12.1. The van der Waals surface area contributed by atoms with E-state index in [1.54, 1.807) is 25.3 Å². The van der Waals surface area contributed by atoms with E-state index in [9.17, 15) is 9.90 Å². The van der Waals surface area contributed by atoms with Crippen molar-refractivity contribution >= 4 is 21.8 Å². The molecule has 2 atom stereocenters. The molecule has 2 N–H and O–H groups in total. The molecule has 0 aliphatic heterocycles. The van der Waals surface area contributed by atoms with Crippen LogP contribution < -0.4 is 10.1 Å². The van der Waals surface area contributed by atoms with Gasteiger partial charge in [-0.3, -0.25) is 4.79 Å². The monoisotopic (exact) mass is 313 g/mol. The maximum atomic E-state index is 12.1. The summed E-state index contributed by atoms with van der Waals surface area (Å²) in [5, 5.41) is 12.5. The van der Waals surface area contributed by atoms with Crippen molar-refractivity contribution in [3.63, 3.8) is 0 Å². The Morgan fingerprint density at radius 3 is 2.83 bits per heavy atom. The highest BCUT2D eigenvalue weighted by Gasteiger charge is 2.26. The highest BCUT2D eigenvalue weighted by Crippen LogP contribution is 2.23. The summed E-state index contributed by atoms with van der Waals surface area (Å²) in [5.41, 5.74) is 0.528. The number of rotatable bonds is 3. The van der Waals surface area contributed by atoms with Crippen molar-refractivity contribution in [1.29, 1.82) is 0 Å². The van der Waals surface area contributed by atoms with Crippen molar-refractivity contribution in [2.45, 2.75) is 31.4 Å². The van der Waals surface area contributed by atoms with E-state index < -0.39 is 6.10 Å². The van der Waals surface area contributed by atoms with Crippen LogP contribution in [0.2, 0.25) is 0 Å². The summed E-state index contributed by atoms with van der Waals surface area (Å²) in [6.07, 6.45) is 2.11. The molecule has 18 heavy (non-hydrogen) atoms. The third-order valence-electron chi connectivity index (χ3n) is 3.17. The van der Waals surface area contributed by atoms with E-state index in [1.807, 2.05) is 0 Å². The molecule has 0 spiro atoms. The van der Waals surface area contributed by atoms with Crippen LogP contribution in [0.25, 0.3) is 0 Å². The Hall–Kier alpha value is -1.07. The molecule has 98 valence electrons. The quantitative estimate of drug-likeness (QED) is 0.898. The lowest BCUT2D eigenvalue weighted by molar-refractivity contribution is 0.0873. The molecular formula is C13H16BrNO3. The van der Waals surface area contributed by atoms with Gasteiger partial charge in [0.1, 0.15) is 5.75 Å². The van der Waals surface area contributed by atoms with Crippen LogP contribution in [0.15, 0.2) is 22.7 Å². The summed E-state index contributed by atoms with van der Waals surface area (Å²) >= 11 is 3.34. The topological polar surface area (TPSA) is 58.6 Å². The Morgan fingerprint density at radius 2 is 2.22 bits per heavy atom. The molecule has 2 rings (SSSR count). The maximum absolute atomic E-state index is 12.1. The number of hydrogen-bond donors (Lipinski definition) is 2. The van der Waals surface area contributed by atoms with E-state index in [0.717, 1.165) is 23.7 Å². The van der Waals surface area contributed by atoms with Crippen LogP contribution in [0.1, 0.15) is 29.6 Å². The van der Waals surface area contributed by atoms with Gasteiger partial charge in [-0.1, -0.05) is 15.9 Å². The number of halogens is 1. The first-order chi connectivity index (χ1) is 8.60. The molecule has 1 aromatic carbocycles. The molecule has 0 saturated heterocycles. The largest absolute Gasteiger partial charge is 0.497 e. The normalized spacial score (nSPS) is 22.8. The molecule has 5 heteroatoms. The highest BCUT2D eigenvalue weighted by atomic mass is 79.9. The first-order valence-corrected chi connectivity index (χ1v) is 6.73. The summed E-state index contributed by atoms with van der Waals surface area (Å²) in [7, 11) is 1.56. The Bertz CT molecular complexity index is 450. The lowest BCUT2D eigenvalue weighted by atomic mass is 10.1. The van der Waals surface area contributed by atoms with Crippen LogP contribution >= 0.6 is 15.9 Å². The van der Waals surface area contributed by atoms with Gasteiger partial charge in [-0.05, 0) is 37.5 Å². The molecule has 1 aromatic rings. The number of nitrogens with one attached hydrogen (secondary N) is 1. The molecule has 4 nitrogen and oxygen atoms in total. The Morgan fingerprint density at radius 1 is 1.44 bits per heavy atom. The number of benzene rings is 1. The van der Waals surface area contributed by atoms with E-state index in [1.165, 1.54) is 0 Å². The van der Waals surface area contributed by atoms with Crippen LogP contribution in [-0.4, -0.2) is 30.3 Å². The number of aliphatic hydroxyl groups is 1. The second-order valence-electron chi connectivity index (χ2n) is 4.46. The Kier molecular flexibility index (Phi) is 4.24. The van der Waals surface area contributed by atoms with Crippen molar-refractivity contribution in [3.05, 3.63) is 28.2 Å². The molecule has 1 saturated carbocycles. The summed E-state index contributed by atoms with van der Waals surface area (Å²) in [6.45, 7) is 0. The number of amides is 1. The average Bonchev–Trinajstić information content (AvgIpc) is 2.74. The molecule has 0 bridgehead atoms. The van der Waals surface area contributed by atoms with Gasteiger partial charge in [-0.15, -0.1) is 0 Å². The van der Waals surface area contributed by atoms with Gasteiger partial charge in [0.25, 0.3) is 5.91 Å². The number of carbonyl (C=O) groups is 1. The second-order valence-corrected chi connectivity index (χ2v) is 5.37. The van der Waals surface area contributed by atoms with Crippen LogP contribution in [0, 0.1) is 0 Å². The number of hydrogen-bond acceptors (Lipinski definition) is 3. The van der Waals surface area contributed by atoms with Crippen LogP contribution in [0.3, 0.4) is 0 Å². The Balaban J connectivity index is 2.10. The van der Waals surface area contributed by atoms with E-state index in [2.05, 4.69) is 21.2 Å². The second kappa shape index (κ2) is 5.71. The zero-order chi connectivity index (χ0) is 13.1. The molecular weight excluding hydrogens is 298 g/mol. The minimum Gasteiger partial charge on any atom is -0.497 e. The van der Waals surface area contributed by atoms with E-state index in [-0.39, 0.29) is 11.9 Å². The predicted octanol–water partition coefficient (Wildman–Crippen LogP) is 2.10. The van der Waals surface area contributed by atoms with Crippen molar-refractivity contribution < 1.29 is 14.6 Å². The maximum Gasteiger partial charge on any atom is 0.251 e. The van der Waals surface area contributed by atoms with Crippen molar-refractivity contribution in [3.8, 4) is 5.75 Å². The third-order valence-corrected chi connectivity index (χ3v) is 3.62. The molecule has 0 unspecified atom stereocenters. The zero-order valence-corrected chi connectivity index (χ0v) is 11.7. The number of aliphatic hydroxyl groups excluding tert-OH is 1. The highest BCUT2D eigenvalue weighted by molar-refractivity contribution is 9.10. The van der Waals surface area contributed by atoms with Gasteiger partial charge >= 0.3 is 0 Å². The van der Waals surface area contributed by atoms with Gasteiger partial charge in [0.2, 0.25) is 0 Å². The fraction of sp³-hybridized carbons (Fsp3) is 0.462. The van der Waals surface area contributed by atoms with Crippen LogP contribution in [0.5, 0.6) is 5.75 Å². The van der Waals surface area contributed by atoms with Gasteiger partial charge in [0.05, 0.1) is 19.3 Å². The van der Waals surface area contributed by atoms with Crippen LogP contribution in [-0.2, 0) is 0 Å². The minimum atomic E-state index is -0.428. The van der Waals surface area contributed by atoms with Gasteiger partial charge in [-0.25, -0.2) is 0 Å². The molecule has 0 radical (unpaired) electrons.